The Kier molecular flexibility index (Phi) is 4.57. The second-order valence-corrected chi connectivity index (χ2v) is 6.94. The van der Waals surface area contributed by atoms with Crippen molar-refractivity contribution in [3.05, 3.63) is 58.1 Å². The van der Waals surface area contributed by atoms with Crippen molar-refractivity contribution in [3.63, 3.8) is 0 Å². The van der Waals surface area contributed by atoms with Crippen LogP contribution in [0.3, 0.4) is 0 Å². The van der Waals surface area contributed by atoms with Gasteiger partial charge in [0.15, 0.2) is 0 Å². The van der Waals surface area contributed by atoms with Gasteiger partial charge in [-0.05, 0) is 48.7 Å². The average Bonchev–Trinajstić information content (AvgIpc) is 3.23. The van der Waals surface area contributed by atoms with E-state index in [0.717, 1.165) is 26.4 Å². The highest BCUT2D eigenvalue weighted by Gasteiger charge is 2.20. The molecule has 1 saturated carbocycles. The Hall–Kier alpha value is -0.670. The Morgan fingerprint density at radius 1 is 1.10 bits per heavy atom. The molecule has 104 valence electrons. The monoisotopic (exact) mass is 323 g/mol. The third-order valence-electron chi connectivity index (χ3n) is 3.19. The van der Waals surface area contributed by atoms with Crippen LogP contribution in [0.25, 0.3) is 0 Å². The van der Waals surface area contributed by atoms with Crippen LogP contribution in [0.4, 0.5) is 0 Å². The minimum absolute atomic E-state index is 0.717. The fraction of sp³-hybridized carbons (Fsp3) is 0.250. The van der Waals surface area contributed by atoms with E-state index in [2.05, 4.69) is 17.4 Å². The molecule has 0 amide bonds. The predicted octanol–water partition coefficient (Wildman–Crippen LogP) is 5.40. The van der Waals surface area contributed by atoms with Crippen LogP contribution in [-0.2, 0) is 6.54 Å². The average molecular weight is 324 g/mol. The van der Waals surface area contributed by atoms with Gasteiger partial charge in [0.25, 0.3) is 0 Å². The first kappa shape index (κ1) is 14.3. The van der Waals surface area contributed by atoms with Crippen molar-refractivity contribution in [2.45, 2.75) is 35.2 Å². The maximum Gasteiger partial charge on any atom is 0.0548 e. The quantitative estimate of drug-likeness (QED) is 0.790. The molecule has 0 bridgehead atoms. The molecule has 2 aromatic carbocycles. The maximum atomic E-state index is 6.37. The van der Waals surface area contributed by atoms with Crippen molar-refractivity contribution >= 4 is 35.0 Å². The highest BCUT2D eigenvalue weighted by molar-refractivity contribution is 7.99. The molecule has 1 N–H and O–H groups in total. The first-order valence-electron chi connectivity index (χ1n) is 6.66. The summed E-state index contributed by atoms with van der Waals surface area (Å²) >= 11 is 14.0. The van der Waals surface area contributed by atoms with Gasteiger partial charge in [-0.15, -0.1) is 0 Å². The first-order valence-corrected chi connectivity index (χ1v) is 8.23. The molecule has 0 saturated heterocycles. The van der Waals surface area contributed by atoms with Gasteiger partial charge >= 0.3 is 0 Å². The lowest BCUT2D eigenvalue weighted by Gasteiger charge is -2.08. The molecule has 0 atom stereocenters. The van der Waals surface area contributed by atoms with Gasteiger partial charge in [0.05, 0.1) is 5.02 Å². The van der Waals surface area contributed by atoms with Crippen LogP contribution in [0, 0.1) is 0 Å². The summed E-state index contributed by atoms with van der Waals surface area (Å²) < 4.78 is 0. The molecular weight excluding hydrogens is 309 g/mol. The summed E-state index contributed by atoms with van der Waals surface area (Å²) in [6.45, 7) is 0.895. The Morgan fingerprint density at radius 2 is 1.95 bits per heavy atom. The lowest BCUT2D eigenvalue weighted by molar-refractivity contribution is 0.687. The Balaban J connectivity index is 1.69. The molecule has 1 aliphatic rings. The van der Waals surface area contributed by atoms with Gasteiger partial charge in [-0.1, -0.05) is 47.1 Å². The van der Waals surface area contributed by atoms with E-state index in [0.29, 0.717) is 6.04 Å². The van der Waals surface area contributed by atoms with Crippen molar-refractivity contribution in [1.82, 2.24) is 5.32 Å². The molecular formula is C16H15Cl2NS. The fourth-order valence-electron chi connectivity index (χ4n) is 1.94. The summed E-state index contributed by atoms with van der Waals surface area (Å²) in [6.07, 6.45) is 2.60. The molecule has 1 nitrogen and oxygen atoms in total. The fourth-order valence-corrected chi connectivity index (χ4v) is 3.40. The van der Waals surface area contributed by atoms with E-state index in [1.165, 1.54) is 18.4 Å². The largest absolute Gasteiger partial charge is 0.310 e. The molecule has 0 unspecified atom stereocenters. The van der Waals surface area contributed by atoms with Crippen molar-refractivity contribution < 1.29 is 0 Å². The molecule has 0 spiro atoms. The topological polar surface area (TPSA) is 12.0 Å². The van der Waals surface area contributed by atoms with Crippen LogP contribution in [0.1, 0.15) is 18.4 Å². The van der Waals surface area contributed by atoms with Gasteiger partial charge in [-0.25, -0.2) is 0 Å². The number of hydrogen-bond acceptors (Lipinski definition) is 2. The van der Waals surface area contributed by atoms with Crippen LogP contribution in [0.5, 0.6) is 0 Å². The number of hydrogen-bond donors (Lipinski definition) is 1. The van der Waals surface area contributed by atoms with E-state index in [9.17, 15) is 0 Å². The molecule has 0 aromatic heterocycles. The molecule has 2 aromatic rings. The summed E-state index contributed by atoms with van der Waals surface area (Å²) in [5.74, 6) is 0. The number of benzene rings is 2. The van der Waals surface area contributed by atoms with Gasteiger partial charge in [0.1, 0.15) is 0 Å². The molecule has 0 heterocycles. The molecule has 0 aliphatic heterocycles. The second kappa shape index (κ2) is 6.40. The van der Waals surface area contributed by atoms with Gasteiger partial charge in [0, 0.05) is 27.4 Å². The SMILES string of the molecule is Clc1cccc(Sc2ccc(CNC3CC3)cc2Cl)c1. The normalized spacial score (nSPS) is 14.5. The predicted molar refractivity (Wildman–Crippen MR) is 86.9 cm³/mol. The van der Waals surface area contributed by atoms with E-state index < -0.39 is 0 Å². The molecule has 1 fully saturated rings. The molecule has 0 radical (unpaired) electrons. The lowest BCUT2D eigenvalue weighted by atomic mass is 10.2. The second-order valence-electron chi connectivity index (χ2n) is 4.98. The number of halogens is 2. The van der Waals surface area contributed by atoms with Gasteiger partial charge in [-0.2, -0.15) is 0 Å². The zero-order valence-corrected chi connectivity index (χ0v) is 13.2. The van der Waals surface area contributed by atoms with Crippen molar-refractivity contribution in [2.24, 2.45) is 0 Å². The highest BCUT2D eigenvalue weighted by atomic mass is 35.5. The summed E-state index contributed by atoms with van der Waals surface area (Å²) in [4.78, 5) is 2.16. The number of rotatable bonds is 5. The van der Waals surface area contributed by atoms with Crippen molar-refractivity contribution in [2.75, 3.05) is 0 Å². The van der Waals surface area contributed by atoms with Crippen molar-refractivity contribution in [1.29, 1.82) is 0 Å². The molecule has 1 aliphatic carbocycles. The summed E-state index contributed by atoms with van der Waals surface area (Å²) in [5.41, 5.74) is 1.23. The van der Waals surface area contributed by atoms with Crippen LogP contribution < -0.4 is 5.32 Å². The van der Waals surface area contributed by atoms with E-state index in [-0.39, 0.29) is 0 Å². The summed E-state index contributed by atoms with van der Waals surface area (Å²) in [7, 11) is 0. The minimum Gasteiger partial charge on any atom is -0.310 e. The zero-order valence-electron chi connectivity index (χ0n) is 10.9. The van der Waals surface area contributed by atoms with Crippen LogP contribution in [0.2, 0.25) is 10.0 Å². The van der Waals surface area contributed by atoms with Crippen molar-refractivity contribution in [3.8, 4) is 0 Å². The van der Waals surface area contributed by atoms with Crippen LogP contribution in [0.15, 0.2) is 52.3 Å². The summed E-state index contributed by atoms with van der Waals surface area (Å²) in [6, 6.07) is 14.8. The maximum absolute atomic E-state index is 6.37. The minimum atomic E-state index is 0.717. The van der Waals surface area contributed by atoms with Crippen LogP contribution >= 0.6 is 35.0 Å². The van der Waals surface area contributed by atoms with E-state index in [4.69, 9.17) is 23.2 Å². The molecule has 3 rings (SSSR count). The Morgan fingerprint density at radius 3 is 2.65 bits per heavy atom. The van der Waals surface area contributed by atoms with E-state index >= 15 is 0 Å². The standard InChI is InChI=1S/C16H15Cl2NS/c17-12-2-1-3-14(9-12)20-16-7-4-11(8-15(16)18)10-19-13-5-6-13/h1-4,7-9,13,19H,5-6,10H2. The van der Waals surface area contributed by atoms with Crippen LogP contribution in [-0.4, -0.2) is 6.04 Å². The third-order valence-corrected chi connectivity index (χ3v) is 4.92. The lowest BCUT2D eigenvalue weighted by Crippen LogP contribution is -2.15. The highest BCUT2D eigenvalue weighted by Crippen LogP contribution is 2.34. The van der Waals surface area contributed by atoms with E-state index in [1.807, 2.05) is 30.3 Å². The van der Waals surface area contributed by atoms with Gasteiger partial charge in [0.2, 0.25) is 0 Å². The zero-order chi connectivity index (χ0) is 13.9. The Bertz CT molecular complexity index is 611. The smallest absolute Gasteiger partial charge is 0.0548 e. The first-order chi connectivity index (χ1) is 9.70. The molecule has 4 heteroatoms. The third kappa shape index (κ3) is 3.92. The summed E-state index contributed by atoms with van der Waals surface area (Å²) in [5, 5.41) is 5.04. The Labute approximate surface area is 133 Å². The number of nitrogens with one attached hydrogen (secondary N) is 1. The molecule has 20 heavy (non-hydrogen) atoms. The van der Waals surface area contributed by atoms with Gasteiger partial charge in [-0.3, -0.25) is 0 Å². The van der Waals surface area contributed by atoms with Gasteiger partial charge < -0.3 is 5.32 Å². The van der Waals surface area contributed by atoms with E-state index in [1.54, 1.807) is 11.8 Å².